The number of hydrogen-bond acceptors (Lipinski definition) is 4. The molecular formula is C15H10BrFN2O2. The Hall–Kier alpha value is -2.21. The summed E-state index contributed by atoms with van der Waals surface area (Å²) in [6, 6.07) is 9.48. The summed E-state index contributed by atoms with van der Waals surface area (Å²) in [6.07, 6.45) is 0. The summed E-state index contributed by atoms with van der Waals surface area (Å²) in [5.74, 6) is 0.275. The van der Waals surface area contributed by atoms with Gasteiger partial charge in [-0.05, 0) is 52.7 Å². The van der Waals surface area contributed by atoms with Crippen LogP contribution in [0.3, 0.4) is 0 Å². The lowest BCUT2D eigenvalue weighted by atomic mass is 10.1. The van der Waals surface area contributed by atoms with Gasteiger partial charge < -0.3 is 9.63 Å². The van der Waals surface area contributed by atoms with Crippen molar-refractivity contribution in [2.75, 3.05) is 0 Å². The van der Waals surface area contributed by atoms with Gasteiger partial charge in [0, 0.05) is 10.0 Å². The first-order valence-electron chi connectivity index (χ1n) is 6.14. The average Bonchev–Trinajstić information content (AvgIpc) is 2.91. The molecule has 1 aromatic heterocycles. The minimum atomic E-state index is -0.356. The molecule has 0 radical (unpaired) electrons. The minimum absolute atomic E-state index is 0.103. The maximum absolute atomic E-state index is 13.1. The molecule has 1 heterocycles. The van der Waals surface area contributed by atoms with Gasteiger partial charge in [-0.15, -0.1) is 0 Å². The summed E-state index contributed by atoms with van der Waals surface area (Å²) in [5, 5.41) is 13.9. The molecule has 0 spiro atoms. The van der Waals surface area contributed by atoms with Gasteiger partial charge in [-0.3, -0.25) is 0 Å². The first-order chi connectivity index (χ1) is 10.1. The van der Waals surface area contributed by atoms with Crippen molar-refractivity contribution in [1.29, 1.82) is 0 Å². The number of para-hydroxylation sites is 1. The Morgan fingerprint density at radius 1 is 1.19 bits per heavy atom. The monoisotopic (exact) mass is 348 g/mol. The number of benzene rings is 2. The third-order valence-corrected chi connectivity index (χ3v) is 3.72. The highest BCUT2D eigenvalue weighted by molar-refractivity contribution is 9.10. The second-order valence-electron chi connectivity index (χ2n) is 4.52. The summed E-state index contributed by atoms with van der Waals surface area (Å²) in [5.41, 5.74) is 1.79. The Labute approximate surface area is 128 Å². The summed E-state index contributed by atoms with van der Waals surface area (Å²) >= 11 is 3.26. The number of phenols is 1. The molecule has 4 nitrogen and oxygen atoms in total. The normalized spacial score (nSPS) is 10.8. The van der Waals surface area contributed by atoms with Crippen LogP contribution in [0, 0.1) is 12.7 Å². The molecule has 3 rings (SSSR count). The topological polar surface area (TPSA) is 59.2 Å². The molecule has 1 N–H and O–H groups in total. The molecule has 6 heteroatoms. The van der Waals surface area contributed by atoms with Gasteiger partial charge in [-0.1, -0.05) is 17.3 Å². The molecule has 106 valence electrons. The summed E-state index contributed by atoms with van der Waals surface area (Å²) < 4.78 is 18.8. The Morgan fingerprint density at radius 3 is 2.76 bits per heavy atom. The number of phenolic OH excluding ortho intramolecular Hbond substituents is 1. The molecule has 0 saturated heterocycles. The molecule has 0 unspecified atom stereocenters. The lowest BCUT2D eigenvalue weighted by Gasteiger charge is -2.01. The molecule has 0 aliphatic carbocycles. The standard InChI is InChI=1S/C15H10BrFN2O2/c1-8-3-2-4-11(13(8)20)15-18-14(19-21-15)10-6-5-9(17)7-12(10)16/h2-7,20H,1H3. The fraction of sp³-hybridized carbons (Fsp3) is 0.0667. The van der Waals surface area contributed by atoms with E-state index < -0.39 is 0 Å². The van der Waals surface area contributed by atoms with E-state index in [9.17, 15) is 9.50 Å². The summed E-state index contributed by atoms with van der Waals surface area (Å²) in [6.45, 7) is 1.78. The van der Waals surface area contributed by atoms with Crippen LogP contribution in [-0.4, -0.2) is 15.2 Å². The Balaban J connectivity index is 2.06. The predicted molar refractivity (Wildman–Crippen MR) is 79.2 cm³/mol. The summed E-state index contributed by atoms with van der Waals surface area (Å²) in [7, 11) is 0. The highest BCUT2D eigenvalue weighted by Crippen LogP contribution is 2.33. The van der Waals surface area contributed by atoms with Crippen LogP contribution in [0.25, 0.3) is 22.8 Å². The van der Waals surface area contributed by atoms with Crippen molar-refractivity contribution in [3.05, 3.63) is 52.3 Å². The van der Waals surface area contributed by atoms with Gasteiger partial charge in [0.1, 0.15) is 11.6 Å². The van der Waals surface area contributed by atoms with Crippen molar-refractivity contribution in [3.63, 3.8) is 0 Å². The van der Waals surface area contributed by atoms with E-state index in [1.807, 2.05) is 0 Å². The van der Waals surface area contributed by atoms with Crippen molar-refractivity contribution < 1.29 is 14.0 Å². The van der Waals surface area contributed by atoms with Crippen LogP contribution in [0.5, 0.6) is 5.75 Å². The van der Waals surface area contributed by atoms with Gasteiger partial charge in [-0.25, -0.2) is 4.39 Å². The SMILES string of the molecule is Cc1cccc(-c2nc(-c3ccc(F)cc3Br)no2)c1O. The van der Waals surface area contributed by atoms with Gasteiger partial charge in [0.15, 0.2) is 0 Å². The van der Waals surface area contributed by atoms with Crippen molar-refractivity contribution in [1.82, 2.24) is 10.1 Å². The largest absolute Gasteiger partial charge is 0.507 e. The quantitative estimate of drug-likeness (QED) is 0.749. The zero-order valence-corrected chi connectivity index (χ0v) is 12.6. The molecular weight excluding hydrogens is 339 g/mol. The van der Waals surface area contributed by atoms with Crippen molar-refractivity contribution in [3.8, 4) is 28.6 Å². The Morgan fingerprint density at radius 2 is 2.00 bits per heavy atom. The summed E-state index contributed by atoms with van der Waals surface area (Å²) in [4.78, 5) is 4.25. The van der Waals surface area contributed by atoms with Gasteiger partial charge in [0.05, 0.1) is 5.56 Å². The number of hydrogen-bond donors (Lipinski definition) is 1. The van der Waals surface area contributed by atoms with Crippen LogP contribution in [-0.2, 0) is 0 Å². The first kappa shape index (κ1) is 13.8. The third-order valence-electron chi connectivity index (χ3n) is 3.07. The zero-order chi connectivity index (χ0) is 15.0. The molecule has 0 amide bonds. The van der Waals surface area contributed by atoms with Gasteiger partial charge >= 0.3 is 0 Å². The van der Waals surface area contributed by atoms with E-state index in [1.165, 1.54) is 12.1 Å². The average molecular weight is 349 g/mol. The number of aromatic hydroxyl groups is 1. The van der Waals surface area contributed by atoms with Crippen LogP contribution >= 0.6 is 15.9 Å². The maximum atomic E-state index is 13.1. The van der Waals surface area contributed by atoms with E-state index >= 15 is 0 Å². The Kier molecular flexibility index (Phi) is 3.47. The molecule has 2 aromatic carbocycles. The Bertz CT molecular complexity index is 817. The predicted octanol–water partition coefficient (Wildman–Crippen LogP) is 4.32. The van der Waals surface area contributed by atoms with Crippen LogP contribution in [0.1, 0.15) is 5.56 Å². The zero-order valence-electron chi connectivity index (χ0n) is 11.0. The second kappa shape index (κ2) is 5.29. The fourth-order valence-electron chi connectivity index (χ4n) is 1.94. The smallest absolute Gasteiger partial charge is 0.262 e. The number of rotatable bonds is 2. The third kappa shape index (κ3) is 2.54. The highest BCUT2D eigenvalue weighted by atomic mass is 79.9. The minimum Gasteiger partial charge on any atom is -0.507 e. The number of aromatic nitrogens is 2. The van der Waals surface area contributed by atoms with Crippen LogP contribution < -0.4 is 0 Å². The molecule has 0 bridgehead atoms. The molecule has 3 aromatic rings. The molecule has 21 heavy (non-hydrogen) atoms. The first-order valence-corrected chi connectivity index (χ1v) is 6.93. The van der Waals surface area contributed by atoms with E-state index in [2.05, 4.69) is 26.1 Å². The van der Waals surface area contributed by atoms with E-state index in [-0.39, 0.29) is 17.5 Å². The van der Waals surface area contributed by atoms with E-state index in [4.69, 9.17) is 4.52 Å². The molecule has 0 aliphatic rings. The fourth-order valence-corrected chi connectivity index (χ4v) is 2.47. The highest BCUT2D eigenvalue weighted by Gasteiger charge is 2.16. The maximum Gasteiger partial charge on any atom is 0.262 e. The van der Waals surface area contributed by atoms with E-state index in [0.29, 0.717) is 21.4 Å². The molecule has 0 aliphatic heterocycles. The van der Waals surface area contributed by atoms with Gasteiger partial charge in [-0.2, -0.15) is 4.98 Å². The van der Waals surface area contributed by atoms with E-state index in [1.54, 1.807) is 31.2 Å². The van der Waals surface area contributed by atoms with Crippen LogP contribution in [0.2, 0.25) is 0 Å². The lowest BCUT2D eigenvalue weighted by Crippen LogP contribution is -1.85. The molecule has 0 saturated carbocycles. The van der Waals surface area contributed by atoms with Crippen LogP contribution in [0.15, 0.2) is 45.4 Å². The number of nitrogens with zero attached hydrogens (tertiary/aromatic N) is 2. The van der Waals surface area contributed by atoms with Crippen LogP contribution in [0.4, 0.5) is 4.39 Å². The lowest BCUT2D eigenvalue weighted by molar-refractivity contribution is 0.425. The number of aryl methyl sites for hydroxylation is 1. The number of halogens is 2. The van der Waals surface area contributed by atoms with Gasteiger partial charge in [0.25, 0.3) is 5.89 Å². The molecule has 0 fully saturated rings. The van der Waals surface area contributed by atoms with Gasteiger partial charge in [0.2, 0.25) is 5.82 Å². The van der Waals surface area contributed by atoms with Crippen molar-refractivity contribution >= 4 is 15.9 Å². The van der Waals surface area contributed by atoms with E-state index in [0.717, 1.165) is 5.56 Å². The second-order valence-corrected chi connectivity index (χ2v) is 5.37. The van der Waals surface area contributed by atoms with Crippen molar-refractivity contribution in [2.24, 2.45) is 0 Å². The molecule has 0 atom stereocenters. The van der Waals surface area contributed by atoms with Crippen molar-refractivity contribution in [2.45, 2.75) is 6.92 Å².